The highest BCUT2D eigenvalue weighted by molar-refractivity contribution is 6.31. The molecule has 8 nitrogen and oxygen atoms in total. The van der Waals surface area contributed by atoms with Gasteiger partial charge in [0.25, 0.3) is 5.91 Å². The molecule has 0 bridgehead atoms. The second-order valence-corrected chi connectivity index (χ2v) is 10.6. The molecule has 2 aliphatic heterocycles. The maximum absolute atomic E-state index is 13.8. The van der Waals surface area contributed by atoms with Crippen molar-refractivity contribution in [2.24, 2.45) is 0 Å². The predicted octanol–water partition coefficient (Wildman–Crippen LogP) is 4.11. The topological polar surface area (TPSA) is 67.2 Å². The summed E-state index contributed by atoms with van der Waals surface area (Å²) in [5, 5.41) is 1.40. The number of piperidine rings is 1. The normalized spacial score (nSPS) is 17.2. The molecule has 0 radical (unpaired) electrons. The number of carbonyl (C=O) groups excluding carboxylic acids is 2. The molecule has 9 heteroatoms. The van der Waals surface area contributed by atoms with Crippen LogP contribution in [0.4, 0.5) is 0 Å². The van der Waals surface area contributed by atoms with Crippen molar-refractivity contribution in [1.82, 2.24) is 19.3 Å². The molecule has 2 aliphatic rings. The first-order chi connectivity index (χ1) is 18.4. The van der Waals surface area contributed by atoms with E-state index in [0.717, 1.165) is 53.9 Å². The van der Waals surface area contributed by atoms with Crippen LogP contribution in [0, 0.1) is 0 Å². The van der Waals surface area contributed by atoms with E-state index in [1.807, 2.05) is 50.9 Å². The Morgan fingerprint density at radius 2 is 1.58 bits per heavy atom. The fourth-order valence-electron chi connectivity index (χ4n) is 5.69. The molecule has 3 heterocycles. The van der Waals surface area contributed by atoms with Crippen molar-refractivity contribution >= 4 is 34.3 Å². The first-order valence-electron chi connectivity index (χ1n) is 13.1. The summed E-state index contributed by atoms with van der Waals surface area (Å²) in [6.07, 6.45) is 3.45. The van der Waals surface area contributed by atoms with Gasteiger partial charge in [0.15, 0.2) is 0 Å². The van der Waals surface area contributed by atoms with Crippen LogP contribution in [0.2, 0.25) is 5.02 Å². The van der Waals surface area contributed by atoms with Crippen LogP contribution in [0.3, 0.4) is 0 Å². The van der Waals surface area contributed by atoms with Crippen molar-refractivity contribution in [3.05, 3.63) is 58.7 Å². The molecule has 0 saturated carbocycles. The van der Waals surface area contributed by atoms with Gasteiger partial charge in [0.05, 0.1) is 25.3 Å². The van der Waals surface area contributed by atoms with E-state index >= 15 is 0 Å². The molecule has 2 amide bonds. The number of fused-ring (bicyclic) bond motifs is 1. The fourth-order valence-corrected chi connectivity index (χ4v) is 5.86. The molecule has 5 rings (SSSR count). The number of carbonyl (C=O) groups is 2. The molecule has 202 valence electrons. The Morgan fingerprint density at radius 1 is 0.921 bits per heavy atom. The average Bonchev–Trinajstić information content (AvgIpc) is 3.29. The highest BCUT2D eigenvalue weighted by atomic mass is 35.5. The lowest BCUT2D eigenvalue weighted by Crippen LogP contribution is -2.48. The lowest BCUT2D eigenvalue weighted by molar-refractivity contribution is -0.133. The molecule has 2 fully saturated rings. The summed E-state index contributed by atoms with van der Waals surface area (Å²) in [6.45, 7) is 4.61. The number of hydrogen-bond donors (Lipinski definition) is 0. The van der Waals surface area contributed by atoms with Gasteiger partial charge < -0.3 is 28.7 Å². The van der Waals surface area contributed by atoms with Gasteiger partial charge >= 0.3 is 0 Å². The van der Waals surface area contributed by atoms with Crippen molar-refractivity contribution in [2.75, 3.05) is 60.5 Å². The Hall–Kier alpha value is -3.23. The number of likely N-dealkylation sites (tertiary alicyclic amines) is 1. The summed E-state index contributed by atoms with van der Waals surface area (Å²) in [6, 6.07) is 11.4. The Bertz CT molecular complexity index is 1300. The van der Waals surface area contributed by atoms with Gasteiger partial charge in [-0.1, -0.05) is 23.7 Å². The highest BCUT2D eigenvalue weighted by Gasteiger charge is 2.30. The Kier molecular flexibility index (Phi) is 7.81. The zero-order valence-corrected chi connectivity index (χ0v) is 23.0. The Morgan fingerprint density at radius 3 is 2.21 bits per heavy atom. The van der Waals surface area contributed by atoms with E-state index < -0.39 is 0 Å². The number of benzene rings is 2. The molecule has 38 heavy (non-hydrogen) atoms. The standard InChI is InChI=1S/C29H35ClN4O4/c1-31-13-15-32(16-14-31)27(35)19-34-18-23(22-8-7-21(30)17-24(22)34)29(36)33-11-9-20(10-12-33)28-25(37-2)5-4-6-26(28)38-3/h4-8,17-18,20H,9-16,19H2,1-3H3. The van der Waals surface area contributed by atoms with Gasteiger partial charge in [0.2, 0.25) is 5.91 Å². The van der Waals surface area contributed by atoms with Crippen molar-refractivity contribution in [3.63, 3.8) is 0 Å². The predicted molar refractivity (Wildman–Crippen MR) is 148 cm³/mol. The molecule has 2 aromatic carbocycles. The van der Waals surface area contributed by atoms with Crippen LogP contribution in [0.25, 0.3) is 10.9 Å². The summed E-state index contributed by atoms with van der Waals surface area (Å²) >= 11 is 6.32. The lowest BCUT2D eigenvalue weighted by Gasteiger charge is -2.33. The number of rotatable bonds is 6. The number of amides is 2. The van der Waals surface area contributed by atoms with E-state index in [9.17, 15) is 9.59 Å². The molecule has 0 atom stereocenters. The molecule has 0 aliphatic carbocycles. The van der Waals surface area contributed by atoms with E-state index in [-0.39, 0.29) is 24.3 Å². The molecular weight excluding hydrogens is 504 g/mol. The second kappa shape index (κ2) is 11.3. The quantitative estimate of drug-likeness (QED) is 0.472. The molecule has 0 spiro atoms. The van der Waals surface area contributed by atoms with Crippen molar-refractivity contribution < 1.29 is 19.1 Å². The minimum absolute atomic E-state index is 0.0199. The molecule has 3 aromatic rings. The summed E-state index contributed by atoms with van der Waals surface area (Å²) < 4.78 is 13.1. The van der Waals surface area contributed by atoms with Crippen LogP contribution < -0.4 is 9.47 Å². The van der Waals surface area contributed by atoms with Crippen LogP contribution in [0.5, 0.6) is 11.5 Å². The number of hydrogen-bond acceptors (Lipinski definition) is 5. The van der Waals surface area contributed by atoms with Crippen molar-refractivity contribution in [2.45, 2.75) is 25.3 Å². The summed E-state index contributed by atoms with van der Waals surface area (Å²) in [5.41, 5.74) is 2.48. The van der Waals surface area contributed by atoms with Crippen LogP contribution in [-0.4, -0.2) is 91.6 Å². The number of halogens is 1. The summed E-state index contributed by atoms with van der Waals surface area (Å²) in [7, 11) is 5.41. The third-order valence-electron chi connectivity index (χ3n) is 7.89. The first-order valence-corrected chi connectivity index (χ1v) is 13.5. The van der Waals surface area contributed by atoms with E-state index in [2.05, 4.69) is 11.9 Å². The van der Waals surface area contributed by atoms with Crippen LogP contribution in [0.15, 0.2) is 42.6 Å². The molecule has 2 saturated heterocycles. The fraction of sp³-hybridized carbons (Fsp3) is 0.448. The lowest BCUT2D eigenvalue weighted by atomic mass is 9.88. The zero-order valence-electron chi connectivity index (χ0n) is 22.3. The maximum atomic E-state index is 13.8. The van der Waals surface area contributed by atoms with Gasteiger partial charge in [-0.15, -0.1) is 0 Å². The second-order valence-electron chi connectivity index (χ2n) is 10.2. The largest absolute Gasteiger partial charge is 0.496 e. The average molecular weight is 539 g/mol. The van der Waals surface area contributed by atoms with Gasteiger partial charge in [0, 0.05) is 61.4 Å². The highest BCUT2D eigenvalue weighted by Crippen LogP contribution is 2.40. The van der Waals surface area contributed by atoms with Gasteiger partial charge in [-0.25, -0.2) is 0 Å². The first kappa shape index (κ1) is 26.4. The smallest absolute Gasteiger partial charge is 0.256 e. The number of methoxy groups -OCH3 is 2. The maximum Gasteiger partial charge on any atom is 0.256 e. The van der Waals surface area contributed by atoms with E-state index in [1.54, 1.807) is 20.3 Å². The Labute approximate surface area is 228 Å². The number of likely N-dealkylation sites (N-methyl/N-ethyl adjacent to an activating group) is 1. The van der Waals surface area contributed by atoms with Crippen LogP contribution in [0.1, 0.15) is 34.7 Å². The summed E-state index contributed by atoms with van der Waals surface area (Å²) in [5.74, 6) is 1.92. The third kappa shape index (κ3) is 5.20. The summed E-state index contributed by atoms with van der Waals surface area (Å²) in [4.78, 5) is 32.9. The minimum atomic E-state index is -0.0199. The molecule has 1 aromatic heterocycles. The van der Waals surface area contributed by atoms with E-state index in [4.69, 9.17) is 21.1 Å². The van der Waals surface area contributed by atoms with E-state index in [0.29, 0.717) is 36.8 Å². The number of ether oxygens (including phenoxy) is 2. The monoisotopic (exact) mass is 538 g/mol. The molecular formula is C29H35ClN4O4. The number of aromatic nitrogens is 1. The molecule has 0 N–H and O–H groups in total. The van der Waals surface area contributed by atoms with Crippen LogP contribution >= 0.6 is 11.6 Å². The minimum Gasteiger partial charge on any atom is -0.496 e. The zero-order chi connectivity index (χ0) is 26.8. The van der Waals surface area contributed by atoms with Crippen molar-refractivity contribution in [1.29, 1.82) is 0 Å². The van der Waals surface area contributed by atoms with E-state index in [1.165, 1.54) is 0 Å². The van der Waals surface area contributed by atoms with Gasteiger partial charge in [0.1, 0.15) is 18.0 Å². The van der Waals surface area contributed by atoms with Crippen molar-refractivity contribution in [3.8, 4) is 11.5 Å². The van der Waals surface area contributed by atoms with Crippen LogP contribution in [-0.2, 0) is 11.3 Å². The number of piperazine rings is 1. The number of nitrogens with zero attached hydrogens (tertiary/aromatic N) is 4. The van der Waals surface area contributed by atoms with Gasteiger partial charge in [-0.05, 0) is 50.1 Å². The molecule has 0 unspecified atom stereocenters. The Balaban J connectivity index is 1.34. The third-order valence-corrected chi connectivity index (χ3v) is 8.13. The van der Waals surface area contributed by atoms with Gasteiger partial charge in [-0.2, -0.15) is 0 Å². The SMILES string of the molecule is COc1cccc(OC)c1C1CCN(C(=O)c2cn(CC(=O)N3CCN(C)CC3)c3cc(Cl)ccc23)CC1. The van der Waals surface area contributed by atoms with Gasteiger partial charge in [-0.3, -0.25) is 9.59 Å².